The first-order valence-electron chi connectivity index (χ1n) is 6.09. The first kappa shape index (κ1) is 11.3. The predicted octanol–water partition coefficient (Wildman–Crippen LogP) is 2.29. The standard InChI is InChI=1S/C14H16N2O2/c1-9-11(8-15-16(9)2)14-7-12(17)10-5-3-4-6-13(10)18-14/h3-6,8,12,14,17H,7H2,1-2H3/t12-,14?/m0/s1. The first-order valence-corrected chi connectivity index (χ1v) is 6.09. The van der Waals surface area contributed by atoms with Crippen LogP contribution in [-0.4, -0.2) is 14.9 Å². The Hall–Kier alpha value is -1.81. The summed E-state index contributed by atoms with van der Waals surface area (Å²) in [5.41, 5.74) is 2.99. The van der Waals surface area contributed by atoms with E-state index in [1.54, 1.807) is 0 Å². The zero-order chi connectivity index (χ0) is 12.7. The molecular formula is C14H16N2O2. The van der Waals surface area contributed by atoms with Gasteiger partial charge in [0.05, 0.1) is 12.3 Å². The van der Waals surface area contributed by atoms with Crippen molar-refractivity contribution < 1.29 is 9.84 Å². The average molecular weight is 244 g/mol. The highest BCUT2D eigenvalue weighted by Crippen LogP contribution is 2.40. The van der Waals surface area contributed by atoms with Crippen LogP contribution in [0.1, 0.15) is 35.4 Å². The number of rotatable bonds is 1. The highest BCUT2D eigenvalue weighted by atomic mass is 16.5. The number of aryl methyl sites for hydroxylation is 1. The second kappa shape index (κ2) is 4.14. The molecule has 1 aliphatic heterocycles. The number of aromatic nitrogens is 2. The Morgan fingerprint density at radius 1 is 1.33 bits per heavy atom. The zero-order valence-corrected chi connectivity index (χ0v) is 10.5. The molecule has 2 aromatic rings. The molecule has 3 rings (SSSR count). The van der Waals surface area contributed by atoms with E-state index in [0.717, 1.165) is 22.6 Å². The summed E-state index contributed by atoms with van der Waals surface area (Å²) in [5, 5.41) is 14.4. The molecule has 0 aliphatic carbocycles. The van der Waals surface area contributed by atoms with Crippen LogP contribution >= 0.6 is 0 Å². The van der Waals surface area contributed by atoms with Crippen molar-refractivity contribution in [3.8, 4) is 5.75 Å². The maximum absolute atomic E-state index is 10.2. The van der Waals surface area contributed by atoms with Gasteiger partial charge < -0.3 is 9.84 Å². The minimum absolute atomic E-state index is 0.122. The molecule has 2 heterocycles. The van der Waals surface area contributed by atoms with Gasteiger partial charge in [-0.15, -0.1) is 0 Å². The number of aliphatic hydroxyl groups excluding tert-OH is 1. The second-order valence-electron chi connectivity index (χ2n) is 4.70. The quantitative estimate of drug-likeness (QED) is 0.837. The largest absolute Gasteiger partial charge is 0.485 e. The molecule has 94 valence electrons. The number of hydrogen-bond acceptors (Lipinski definition) is 3. The van der Waals surface area contributed by atoms with Gasteiger partial charge in [0.2, 0.25) is 0 Å². The topological polar surface area (TPSA) is 47.3 Å². The lowest BCUT2D eigenvalue weighted by Gasteiger charge is -2.29. The van der Waals surface area contributed by atoms with Crippen LogP contribution in [0.2, 0.25) is 0 Å². The van der Waals surface area contributed by atoms with Crippen LogP contribution in [0.25, 0.3) is 0 Å². The van der Waals surface area contributed by atoms with E-state index in [-0.39, 0.29) is 6.10 Å². The lowest BCUT2D eigenvalue weighted by Crippen LogP contribution is -2.19. The Balaban J connectivity index is 1.97. The molecule has 0 saturated carbocycles. The van der Waals surface area contributed by atoms with E-state index in [0.29, 0.717) is 6.42 Å². The van der Waals surface area contributed by atoms with E-state index in [2.05, 4.69) is 5.10 Å². The number of ether oxygens (including phenoxy) is 1. The smallest absolute Gasteiger partial charge is 0.130 e. The van der Waals surface area contributed by atoms with Gasteiger partial charge in [0, 0.05) is 30.3 Å². The average Bonchev–Trinajstić information content (AvgIpc) is 2.70. The van der Waals surface area contributed by atoms with Crippen LogP contribution in [0.3, 0.4) is 0 Å². The molecule has 4 heteroatoms. The van der Waals surface area contributed by atoms with E-state index in [9.17, 15) is 5.11 Å². The SMILES string of the molecule is Cc1c(C2C[C@H](O)c3ccccc3O2)cnn1C. The van der Waals surface area contributed by atoms with Crippen molar-refractivity contribution in [2.75, 3.05) is 0 Å². The first-order chi connectivity index (χ1) is 8.66. The molecule has 1 unspecified atom stereocenters. The molecule has 1 aliphatic rings. The lowest BCUT2D eigenvalue weighted by molar-refractivity contribution is 0.0654. The fourth-order valence-corrected chi connectivity index (χ4v) is 2.42. The molecule has 4 nitrogen and oxygen atoms in total. The number of benzene rings is 1. The second-order valence-corrected chi connectivity index (χ2v) is 4.70. The maximum atomic E-state index is 10.2. The van der Waals surface area contributed by atoms with E-state index in [1.807, 2.05) is 49.1 Å². The highest BCUT2D eigenvalue weighted by Gasteiger charge is 2.29. The predicted molar refractivity (Wildman–Crippen MR) is 67.3 cm³/mol. The van der Waals surface area contributed by atoms with Crippen molar-refractivity contribution in [3.05, 3.63) is 47.3 Å². The fourth-order valence-electron chi connectivity index (χ4n) is 2.42. The third-order valence-corrected chi connectivity index (χ3v) is 3.60. The number of fused-ring (bicyclic) bond motifs is 1. The van der Waals surface area contributed by atoms with Gasteiger partial charge in [-0.1, -0.05) is 18.2 Å². The Bertz CT molecular complexity index is 577. The molecule has 18 heavy (non-hydrogen) atoms. The summed E-state index contributed by atoms with van der Waals surface area (Å²) in [7, 11) is 1.91. The fraction of sp³-hybridized carbons (Fsp3) is 0.357. The monoisotopic (exact) mass is 244 g/mol. The van der Waals surface area contributed by atoms with Gasteiger partial charge in [-0.2, -0.15) is 5.10 Å². The van der Waals surface area contributed by atoms with Crippen molar-refractivity contribution in [2.45, 2.75) is 25.6 Å². The van der Waals surface area contributed by atoms with Crippen molar-refractivity contribution in [1.29, 1.82) is 0 Å². The normalized spacial score (nSPS) is 22.4. The van der Waals surface area contributed by atoms with E-state index in [1.165, 1.54) is 0 Å². The van der Waals surface area contributed by atoms with Crippen molar-refractivity contribution in [3.63, 3.8) is 0 Å². The third-order valence-electron chi connectivity index (χ3n) is 3.60. The summed E-state index contributed by atoms with van der Waals surface area (Å²) in [5.74, 6) is 0.768. The Labute approximate surface area is 106 Å². The summed E-state index contributed by atoms with van der Waals surface area (Å²) in [6.07, 6.45) is 1.80. The van der Waals surface area contributed by atoms with Crippen molar-refractivity contribution >= 4 is 0 Å². The van der Waals surface area contributed by atoms with Gasteiger partial charge in [-0.3, -0.25) is 4.68 Å². The molecule has 1 aromatic heterocycles. The molecule has 0 saturated heterocycles. The maximum Gasteiger partial charge on any atom is 0.130 e. The van der Waals surface area contributed by atoms with Gasteiger partial charge in [0.15, 0.2) is 0 Å². The molecule has 1 aromatic carbocycles. The molecule has 0 bridgehead atoms. The summed E-state index contributed by atoms with van der Waals surface area (Å²) in [6.45, 7) is 2.01. The van der Waals surface area contributed by atoms with E-state index < -0.39 is 6.10 Å². The van der Waals surface area contributed by atoms with Gasteiger partial charge in [0.1, 0.15) is 11.9 Å². The molecular weight excluding hydrogens is 228 g/mol. The number of nitrogens with zero attached hydrogens (tertiary/aromatic N) is 2. The van der Waals surface area contributed by atoms with Crippen LogP contribution in [0, 0.1) is 6.92 Å². The minimum atomic E-state index is -0.473. The molecule has 2 atom stereocenters. The Kier molecular flexibility index (Phi) is 2.59. The molecule has 0 radical (unpaired) electrons. The van der Waals surface area contributed by atoms with Crippen LogP contribution < -0.4 is 4.74 Å². The van der Waals surface area contributed by atoms with Crippen LogP contribution in [0.15, 0.2) is 30.5 Å². The molecule has 1 N–H and O–H groups in total. The Morgan fingerprint density at radius 2 is 2.11 bits per heavy atom. The highest BCUT2D eigenvalue weighted by molar-refractivity contribution is 5.38. The summed E-state index contributed by atoms with van der Waals surface area (Å²) < 4.78 is 7.79. The van der Waals surface area contributed by atoms with Crippen LogP contribution in [0.4, 0.5) is 0 Å². The van der Waals surface area contributed by atoms with Gasteiger partial charge in [-0.05, 0) is 13.0 Å². The number of para-hydroxylation sites is 1. The lowest BCUT2D eigenvalue weighted by atomic mass is 9.95. The summed E-state index contributed by atoms with van der Waals surface area (Å²) in [6, 6.07) is 7.65. The molecule has 0 spiro atoms. The molecule has 0 amide bonds. The van der Waals surface area contributed by atoms with E-state index in [4.69, 9.17) is 4.74 Å². The van der Waals surface area contributed by atoms with Gasteiger partial charge in [0.25, 0.3) is 0 Å². The van der Waals surface area contributed by atoms with Crippen molar-refractivity contribution in [2.24, 2.45) is 7.05 Å². The third kappa shape index (κ3) is 1.69. The van der Waals surface area contributed by atoms with Gasteiger partial charge >= 0.3 is 0 Å². The van der Waals surface area contributed by atoms with E-state index >= 15 is 0 Å². The van der Waals surface area contributed by atoms with Crippen molar-refractivity contribution in [1.82, 2.24) is 9.78 Å². The summed E-state index contributed by atoms with van der Waals surface area (Å²) in [4.78, 5) is 0. The zero-order valence-electron chi connectivity index (χ0n) is 10.5. The minimum Gasteiger partial charge on any atom is -0.485 e. The van der Waals surface area contributed by atoms with Crippen LogP contribution in [0.5, 0.6) is 5.75 Å². The van der Waals surface area contributed by atoms with Crippen LogP contribution in [-0.2, 0) is 7.05 Å². The Morgan fingerprint density at radius 3 is 2.83 bits per heavy atom. The number of hydrogen-bond donors (Lipinski definition) is 1. The number of aliphatic hydroxyl groups is 1. The van der Waals surface area contributed by atoms with Gasteiger partial charge in [-0.25, -0.2) is 0 Å². The summed E-state index contributed by atoms with van der Waals surface area (Å²) >= 11 is 0. The molecule has 0 fully saturated rings.